The lowest BCUT2D eigenvalue weighted by Gasteiger charge is -2.13. The number of carbonyl (C=O) groups is 1. The molecule has 23 heavy (non-hydrogen) atoms. The maximum absolute atomic E-state index is 11.5. The van der Waals surface area contributed by atoms with Gasteiger partial charge in [0.05, 0.1) is 12.2 Å². The molecule has 0 aliphatic carbocycles. The summed E-state index contributed by atoms with van der Waals surface area (Å²) < 4.78 is 6.07. The van der Waals surface area contributed by atoms with Crippen LogP contribution in [0.2, 0.25) is 0 Å². The lowest BCUT2D eigenvalue weighted by atomic mass is 10.0. The van der Waals surface area contributed by atoms with E-state index in [-0.39, 0.29) is 12.0 Å². The van der Waals surface area contributed by atoms with E-state index in [1.807, 2.05) is 31.2 Å². The number of amides is 1. The quantitative estimate of drug-likeness (QED) is 0.887. The third-order valence-corrected chi connectivity index (χ3v) is 3.82. The maximum Gasteiger partial charge on any atom is 0.296 e. The summed E-state index contributed by atoms with van der Waals surface area (Å²) in [5.74, 6) is 5.66. The molecule has 1 aliphatic heterocycles. The van der Waals surface area contributed by atoms with E-state index in [1.54, 1.807) is 13.1 Å². The lowest BCUT2D eigenvalue weighted by Crippen LogP contribution is -2.33. The number of ether oxygens (including phenoxy) is 1. The van der Waals surface area contributed by atoms with Gasteiger partial charge in [-0.25, -0.2) is 0 Å². The summed E-state index contributed by atoms with van der Waals surface area (Å²) in [5.41, 5.74) is 4.20. The van der Waals surface area contributed by atoms with E-state index in [2.05, 4.69) is 28.2 Å². The van der Waals surface area contributed by atoms with E-state index >= 15 is 0 Å². The first-order valence-electron chi connectivity index (χ1n) is 7.60. The van der Waals surface area contributed by atoms with Gasteiger partial charge in [0.1, 0.15) is 11.9 Å². The van der Waals surface area contributed by atoms with Crippen molar-refractivity contribution in [2.45, 2.75) is 26.4 Å². The number of pyridine rings is 1. The van der Waals surface area contributed by atoms with Crippen LogP contribution in [-0.4, -0.2) is 23.5 Å². The molecule has 0 bridgehead atoms. The summed E-state index contributed by atoms with van der Waals surface area (Å²) in [6.45, 7) is 4.13. The molecule has 1 atom stereocenters. The Labute approximate surface area is 135 Å². The smallest absolute Gasteiger partial charge is 0.296 e. The second kappa shape index (κ2) is 6.53. The normalized spacial score (nSPS) is 15.1. The molecule has 0 saturated heterocycles. The third kappa shape index (κ3) is 3.19. The van der Waals surface area contributed by atoms with Gasteiger partial charge in [-0.3, -0.25) is 9.78 Å². The van der Waals surface area contributed by atoms with Crippen molar-refractivity contribution in [3.05, 3.63) is 47.7 Å². The van der Waals surface area contributed by atoms with Crippen LogP contribution in [0.3, 0.4) is 0 Å². The van der Waals surface area contributed by atoms with Gasteiger partial charge in [0, 0.05) is 18.2 Å². The molecule has 0 fully saturated rings. The number of para-hydroxylation sites is 1. The van der Waals surface area contributed by atoms with Gasteiger partial charge >= 0.3 is 0 Å². The molecular weight excluding hydrogens is 288 g/mol. The van der Waals surface area contributed by atoms with Crippen molar-refractivity contribution in [3.8, 4) is 28.8 Å². The predicted molar refractivity (Wildman–Crippen MR) is 89.0 cm³/mol. The zero-order valence-corrected chi connectivity index (χ0v) is 13.2. The number of carbonyl (C=O) groups excluding carboxylic acids is 1. The molecule has 1 aromatic carbocycles. The Balaban J connectivity index is 1.80. The van der Waals surface area contributed by atoms with Crippen LogP contribution in [-0.2, 0) is 11.2 Å². The Morgan fingerprint density at radius 2 is 2.26 bits per heavy atom. The molecule has 2 aromatic rings. The summed E-state index contributed by atoms with van der Waals surface area (Å²) in [5, 5.41) is 2.78. The topological polar surface area (TPSA) is 51.2 Å². The molecule has 0 unspecified atom stereocenters. The van der Waals surface area contributed by atoms with Gasteiger partial charge in [0.15, 0.2) is 0 Å². The lowest BCUT2D eigenvalue weighted by molar-refractivity contribution is -0.116. The van der Waals surface area contributed by atoms with E-state index in [4.69, 9.17) is 4.74 Å². The van der Waals surface area contributed by atoms with Gasteiger partial charge in [0.2, 0.25) is 0 Å². The second-order valence-corrected chi connectivity index (χ2v) is 5.49. The van der Waals surface area contributed by atoms with Crippen LogP contribution in [0.5, 0.6) is 5.75 Å². The van der Waals surface area contributed by atoms with E-state index in [0.29, 0.717) is 6.54 Å². The zero-order chi connectivity index (χ0) is 16.2. The molecule has 4 heteroatoms. The fourth-order valence-corrected chi connectivity index (χ4v) is 2.77. The molecule has 0 spiro atoms. The molecule has 0 radical (unpaired) electrons. The Hall–Kier alpha value is -2.80. The molecule has 2 heterocycles. The summed E-state index contributed by atoms with van der Waals surface area (Å²) in [6.07, 6.45) is 2.49. The summed E-state index contributed by atoms with van der Waals surface area (Å²) in [6, 6.07) is 10.1. The summed E-state index contributed by atoms with van der Waals surface area (Å²) in [7, 11) is 0. The highest BCUT2D eigenvalue weighted by atomic mass is 16.5. The zero-order valence-electron chi connectivity index (χ0n) is 13.2. The molecular formula is C19H18N2O2. The first kappa shape index (κ1) is 15.1. The molecule has 1 N–H and O–H groups in total. The highest BCUT2D eigenvalue weighted by molar-refractivity contribution is 5.93. The van der Waals surface area contributed by atoms with Gasteiger partial charge < -0.3 is 10.1 Å². The predicted octanol–water partition coefficient (Wildman–Crippen LogP) is 2.50. The van der Waals surface area contributed by atoms with Gasteiger partial charge in [-0.1, -0.05) is 24.1 Å². The third-order valence-electron chi connectivity index (χ3n) is 3.82. The Kier molecular flexibility index (Phi) is 4.29. The number of nitrogens with zero attached hydrogens (tertiary/aromatic N) is 1. The maximum atomic E-state index is 11.5. The van der Waals surface area contributed by atoms with Crippen molar-refractivity contribution in [1.82, 2.24) is 10.3 Å². The minimum absolute atomic E-state index is 0.0715. The monoisotopic (exact) mass is 306 g/mol. The van der Waals surface area contributed by atoms with E-state index in [0.717, 1.165) is 34.6 Å². The summed E-state index contributed by atoms with van der Waals surface area (Å²) >= 11 is 0. The SMILES string of the molecule is CC#CC(=O)NC[C@H]1Cc2cccc(-c3ncccc3C)c2O1. The van der Waals surface area contributed by atoms with Gasteiger partial charge in [-0.2, -0.15) is 0 Å². The number of fused-ring (bicyclic) bond motifs is 1. The average Bonchev–Trinajstić information content (AvgIpc) is 2.97. The number of hydrogen-bond donors (Lipinski definition) is 1. The number of aryl methyl sites for hydroxylation is 1. The summed E-state index contributed by atoms with van der Waals surface area (Å²) in [4.78, 5) is 15.9. The van der Waals surface area contributed by atoms with Crippen molar-refractivity contribution in [3.63, 3.8) is 0 Å². The van der Waals surface area contributed by atoms with E-state index in [9.17, 15) is 4.79 Å². The van der Waals surface area contributed by atoms with Crippen LogP contribution < -0.4 is 10.1 Å². The van der Waals surface area contributed by atoms with Crippen LogP contribution in [0.4, 0.5) is 0 Å². The first-order chi connectivity index (χ1) is 11.2. The molecule has 1 amide bonds. The standard InChI is InChI=1S/C19H18N2O2/c1-3-6-17(22)21-12-15-11-14-8-4-9-16(19(14)23-15)18-13(2)7-5-10-20-18/h4-5,7-10,15H,11-12H2,1-2H3,(H,21,22)/t15-/m1/s1. The minimum atomic E-state index is -0.271. The fraction of sp³-hybridized carbons (Fsp3) is 0.263. The van der Waals surface area contributed by atoms with Crippen LogP contribution >= 0.6 is 0 Å². The van der Waals surface area contributed by atoms with Crippen molar-refractivity contribution < 1.29 is 9.53 Å². The van der Waals surface area contributed by atoms with Crippen LogP contribution in [0.15, 0.2) is 36.5 Å². The average molecular weight is 306 g/mol. The van der Waals surface area contributed by atoms with Gasteiger partial charge in [-0.15, -0.1) is 0 Å². The van der Waals surface area contributed by atoms with Gasteiger partial charge in [-0.05, 0) is 43.0 Å². The van der Waals surface area contributed by atoms with Crippen molar-refractivity contribution in [2.24, 2.45) is 0 Å². The first-order valence-corrected chi connectivity index (χ1v) is 7.60. The number of rotatable bonds is 3. The van der Waals surface area contributed by atoms with E-state index < -0.39 is 0 Å². The Morgan fingerprint density at radius 1 is 1.39 bits per heavy atom. The molecule has 4 nitrogen and oxygen atoms in total. The molecule has 1 aromatic heterocycles. The second-order valence-electron chi connectivity index (χ2n) is 5.49. The molecule has 116 valence electrons. The largest absolute Gasteiger partial charge is 0.487 e. The van der Waals surface area contributed by atoms with Crippen molar-refractivity contribution in [1.29, 1.82) is 0 Å². The number of aromatic nitrogens is 1. The Bertz CT molecular complexity index is 803. The number of nitrogens with one attached hydrogen (secondary N) is 1. The highest BCUT2D eigenvalue weighted by Gasteiger charge is 2.26. The van der Waals surface area contributed by atoms with Crippen LogP contribution in [0, 0.1) is 18.8 Å². The van der Waals surface area contributed by atoms with E-state index in [1.165, 1.54) is 0 Å². The fourth-order valence-electron chi connectivity index (χ4n) is 2.77. The number of hydrogen-bond acceptors (Lipinski definition) is 3. The van der Waals surface area contributed by atoms with Gasteiger partial charge in [0.25, 0.3) is 5.91 Å². The van der Waals surface area contributed by atoms with Crippen molar-refractivity contribution >= 4 is 5.91 Å². The molecule has 3 rings (SSSR count). The Morgan fingerprint density at radius 3 is 3.04 bits per heavy atom. The van der Waals surface area contributed by atoms with Crippen molar-refractivity contribution in [2.75, 3.05) is 6.54 Å². The highest BCUT2D eigenvalue weighted by Crippen LogP contribution is 2.38. The minimum Gasteiger partial charge on any atom is -0.487 e. The molecule has 0 saturated carbocycles. The van der Waals surface area contributed by atoms with Crippen LogP contribution in [0.1, 0.15) is 18.1 Å². The molecule has 1 aliphatic rings. The van der Waals surface area contributed by atoms with Crippen LogP contribution in [0.25, 0.3) is 11.3 Å². The number of benzene rings is 1.